The molecule has 2 aromatic rings. The van der Waals surface area contributed by atoms with Crippen molar-refractivity contribution in [3.63, 3.8) is 0 Å². The van der Waals surface area contributed by atoms with Crippen molar-refractivity contribution in [1.82, 2.24) is 0 Å². The summed E-state index contributed by atoms with van der Waals surface area (Å²) in [5.74, 6) is -0.675. The van der Waals surface area contributed by atoms with E-state index in [-0.39, 0.29) is 12.2 Å². The number of nitrogens with two attached hydrogens (primary N) is 1. The molecular weight excluding hydrogens is 306 g/mol. The van der Waals surface area contributed by atoms with Gasteiger partial charge in [-0.2, -0.15) is 5.26 Å². The van der Waals surface area contributed by atoms with Crippen molar-refractivity contribution >= 4 is 23.6 Å². The van der Waals surface area contributed by atoms with E-state index in [0.29, 0.717) is 17.0 Å². The number of anilines is 1. The third kappa shape index (κ3) is 5.00. The van der Waals surface area contributed by atoms with E-state index in [9.17, 15) is 14.9 Å². The SMILES string of the molecule is N#C/C(=C/c1cccc(OCC(N)=O)c1)C(=O)Nc1ccccc1. The van der Waals surface area contributed by atoms with Crippen LogP contribution in [0.15, 0.2) is 60.2 Å². The summed E-state index contributed by atoms with van der Waals surface area (Å²) in [7, 11) is 0. The van der Waals surface area contributed by atoms with E-state index in [1.165, 1.54) is 6.08 Å². The molecule has 6 heteroatoms. The molecule has 24 heavy (non-hydrogen) atoms. The second-order valence-corrected chi connectivity index (χ2v) is 4.82. The van der Waals surface area contributed by atoms with Crippen molar-refractivity contribution in [2.45, 2.75) is 0 Å². The van der Waals surface area contributed by atoms with E-state index < -0.39 is 11.8 Å². The lowest BCUT2D eigenvalue weighted by Gasteiger charge is -2.06. The number of benzene rings is 2. The second-order valence-electron chi connectivity index (χ2n) is 4.82. The molecule has 3 N–H and O–H groups in total. The van der Waals surface area contributed by atoms with Crippen molar-refractivity contribution in [3.05, 3.63) is 65.7 Å². The Kier molecular flexibility index (Phi) is 5.70. The fraction of sp³-hybridized carbons (Fsp3) is 0.0556. The first kappa shape index (κ1) is 16.8. The van der Waals surface area contributed by atoms with E-state index in [1.807, 2.05) is 12.1 Å². The summed E-state index contributed by atoms with van der Waals surface area (Å²) in [4.78, 5) is 22.9. The smallest absolute Gasteiger partial charge is 0.266 e. The molecule has 0 fully saturated rings. The van der Waals surface area contributed by atoms with Gasteiger partial charge in [-0.25, -0.2) is 0 Å². The lowest BCUT2D eigenvalue weighted by atomic mass is 10.1. The molecule has 0 aromatic heterocycles. The summed E-state index contributed by atoms with van der Waals surface area (Å²) in [6.45, 7) is -0.243. The molecule has 0 atom stereocenters. The number of nitrogens with zero attached hydrogens (tertiary/aromatic N) is 1. The first-order valence-electron chi connectivity index (χ1n) is 7.08. The maximum Gasteiger partial charge on any atom is 0.266 e. The van der Waals surface area contributed by atoms with Crippen LogP contribution in [0.3, 0.4) is 0 Å². The van der Waals surface area contributed by atoms with E-state index in [2.05, 4.69) is 5.32 Å². The molecule has 2 amide bonds. The van der Waals surface area contributed by atoms with Crippen molar-refractivity contribution in [1.29, 1.82) is 5.26 Å². The average molecular weight is 321 g/mol. The van der Waals surface area contributed by atoms with E-state index in [0.717, 1.165) is 0 Å². The number of hydrogen-bond donors (Lipinski definition) is 2. The maximum absolute atomic E-state index is 12.2. The van der Waals surface area contributed by atoms with Crippen LogP contribution in [0.1, 0.15) is 5.56 Å². The molecule has 0 aliphatic heterocycles. The lowest BCUT2D eigenvalue weighted by molar-refractivity contribution is -0.120. The quantitative estimate of drug-likeness (QED) is 0.627. The number of hydrogen-bond acceptors (Lipinski definition) is 4. The van der Waals surface area contributed by atoms with Crippen molar-refractivity contribution in [3.8, 4) is 11.8 Å². The van der Waals surface area contributed by atoms with Crippen LogP contribution in [0.4, 0.5) is 5.69 Å². The Balaban J connectivity index is 2.15. The first-order valence-corrected chi connectivity index (χ1v) is 7.08. The summed E-state index contributed by atoms with van der Waals surface area (Å²) < 4.78 is 5.19. The summed E-state index contributed by atoms with van der Waals surface area (Å²) >= 11 is 0. The number of nitrogens with one attached hydrogen (secondary N) is 1. The third-order valence-electron chi connectivity index (χ3n) is 2.95. The normalized spacial score (nSPS) is 10.5. The predicted octanol–water partition coefficient (Wildman–Crippen LogP) is 2.10. The number of carbonyl (C=O) groups is 2. The number of carbonyl (C=O) groups excluding carboxylic acids is 2. The average Bonchev–Trinajstić information content (AvgIpc) is 2.59. The summed E-state index contributed by atoms with van der Waals surface area (Å²) in [5, 5.41) is 11.9. The highest BCUT2D eigenvalue weighted by Gasteiger charge is 2.09. The fourth-order valence-corrected chi connectivity index (χ4v) is 1.88. The van der Waals surface area contributed by atoms with Gasteiger partial charge in [-0.1, -0.05) is 30.3 Å². The van der Waals surface area contributed by atoms with Gasteiger partial charge in [0, 0.05) is 5.69 Å². The number of ether oxygens (including phenoxy) is 1. The zero-order valence-corrected chi connectivity index (χ0v) is 12.7. The highest BCUT2D eigenvalue weighted by Crippen LogP contribution is 2.16. The number of primary amides is 1. The first-order chi connectivity index (χ1) is 11.6. The van der Waals surface area contributed by atoms with Gasteiger partial charge in [0.15, 0.2) is 6.61 Å². The van der Waals surface area contributed by atoms with Crippen molar-refractivity contribution in [2.75, 3.05) is 11.9 Å². The summed E-state index contributed by atoms with van der Waals surface area (Å²) in [5.41, 5.74) is 6.17. The minimum Gasteiger partial charge on any atom is -0.484 e. The number of rotatable bonds is 6. The zero-order valence-electron chi connectivity index (χ0n) is 12.7. The van der Waals surface area contributed by atoms with Gasteiger partial charge in [-0.15, -0.1) is 0 Å². The van der Waals surface area contributed by atoms with E-state index in [4.69, 9.17) is 10.5 Å². The Labute approximate surface area is 139 Å². The second kappa shape index (κ2) is 8.15. The molecule has 2 aromatic carbocycles. The highest BCUT2D eigenvalue weighted by molar-refractivity contribution is 6.09. The van der Waals surface area contributed by atoms with Gasteiger partial charge < -0.3 is 15.8 Å². The summed E-state index contributed by atoms with van der Waals surface area (Å²) in [6, 6.07) is 17.4. The Hall–Kier alpha value is -3.59. The third-order valence-corrected chi connectivity index (χ3v) is 2.95. The van der Waals surface area contributed by atoms with Crippen molar-refractivity contribution in [2.24, 2.45) is 5.73 Å². The minimum atomic E-state index is -0.587. The van der Waals surface area contributed by atoms with Gasteiger partial charge in [-0.3, -0.25) is 9.59 Å². The lowest BCUT2D eigenvalue weighted by Crippen LogP contribution is -2.20. The highest BCUT2D eigenvalue weighted by atomic mass is 16.5. The molecule has 0 bridgehead atoms. The van der Waals surface area contributed by atoms with Gasteiger partial charge in [0.05, 0.1) is 0 Å². The molecule has 0 aliphatic rings. The number of amides is 2. The molecule has 120 valence electrons. The van der Waals surface area contributed by atoms with Crippen LogP contribution < -0.4 is 15.8 Å². The molecule has 0 heterocycles. The largest absolute Gasteiger partial charge is 0.484 e. The molecule has 0 saturated carbocycles. The van der Waals surface area contributed by atoms with Crippen LogP contribution in [0.2, 0.25) is 0 Å². The van der Waals surface area contributed by atoms with Crippen LogP contribution in [0, 0.1) is 11.3 Å². The van der Waals surface area contributed by atoms with Crippen LogP contribution in [0.5, 0.6) is 5.75 Å². The molecular formula is C18H15N3O3. The Morgan fingerprint density at radius 2 is 1.92 bits per heavy atom. The monoisotopic (exact) mass is 321 g/mol. The maximum atomic E-state index is 12.2. The molecule has 0 aliphatic carbocycles. The standard InChI is InChI=1S/C18H15N3O3/c19-11-14(18(23)21-15-6-2-1-3-7-15)9-13-5-4-8-16(10-13)24-12-17(20)22/h1-10H,12H2,(H2,20,22)(H,21,23)/b14-9-. The van der Waals surface area contributed by atoms with Crippen LogP contribution >= 0.6 is 0 Å². The molecule has 2 rings (SSSR count). The molecule has 0 saturated heterocycles. The van der Waals surface area contributed by atoms with Crippen LogP contribution in [-0.2, 0) is 9.59 Å². The van der Waals surface area contributed by atoms with Gasteiger partial charge in [0.25, 0.3) is 11.8 Å². The number of para-hydroxylation sites is 1. The molecule has 0 unspecified atom stereocenters. The Morgan fingerprint density at radius 1 is 1.17 bits per heavy atom. The van der Waals surface area contributed by atoms with E-state index in [1.54, 1.807) is 48.5 Å². The molecule has 6 nitrogen and oxygen atoms in total. The van der Waals surface area contributed by atoms with Gasteiger partial charge in [0.1, 0.15) is 17.4 Å². The topological polar surface area (TPSA) is 105 Å². The Morgan fingerprint density at radius 3 is 2.58 bits per heavy atom. The van der Waals surface area contributed by atoms with E-state index >= 15 is 0 Å². The number of nitriles is 1. The van der Waals surface area contributed by atoms with Crippen LogP contribution in [0.25, 0.3) is 6.08 Å². The fourth-order valence-electron chi connectivity index (χ4n) is 1.88. The predicted molar refractivity (Wildman–Crippen MR) is 89.8 cm³/mol. The van der Waals surface area contributed by atoms with Gasteiger partial charge in [0.2, 0.25) is 0 Å². The zero-order chi connectivity index (χ0) is 17.4. The van der Waals surface area contributed by atoms with Crippen LogP contribution in [-0.4, -0.2) is 18.4 Å². The minimum absolute atomic E-state index is 0.0501. The molecule has 0 radical (unpaired) electrons. The Bertz CT molecular complexity index is 808. The van der Waals surface area contributed by atoms with Gasteiger partial charge >= 0.3 is 0 Å². The molecule has 0 spiro atoms. The van der Waals surface area contributed by atoms with Crippen molar-refractivity contribution < 1.29 is 14.3 Å². The van der Waals surface area contributed by atoms with Gasteiger partial charge in [-0.05, 0) is 35.9 Å². The summed E-state index contributed by atoms with van der Waals surface area (Å²) in [6.07, 6.45) is 1.44.